The first kappa shape index (κ1) is 20.3. The van der Waals surface area contributed by atoms with Crippen molar-refractivity contribution in [1.29, 1.82) is 0 Å². The summed E-state index contributed by atoms with van der Waals surface area (Å²) in [5, 5.41) is 2.74. The first-order valence-corrected chi connectivity index (χ1v) is 10.8. The molecular weight excluding hydrogens is 381 g/mol. The van der Waals surface area contributed by atoms with Crippen molar-refractivity contribution in [3.8, 4) is 0 Å². The molecule has 2 aromatic rings. The topological polar surface area (TPSA) is 78.5 Å². The van der Waals surface area contributed by atoms with E-state index >= 15 is 0 Å². The van der Waals surface area contributed by atoms with Crippen LogP contribution < -0.4 is 14.9 Å². The van der Waals surface area contributed by atoms with E-state index in [-0.39, 0.29) is 22.9 Å². The van der Waals surface area contributed by atoms with Crippen molar-refractivity contribution in [2.75, 3.05) is 31.1 Å². The number of sulfonamides is 1. The standard InChI is InChI=1S/C20H24FN3O3S/c1-2-23-28(26,27)17-8-9-19(21)18(12-17)20(25)22-13-15-10-11-24(14-15)16-6-4-3-5-7-16/h3-9,12,15,23H,2,10-11,13-14H2,1H3,(H,22,25). The van der Waals surface area contributed by atoms with E-state index in [0.717, 1.165) is 43.4 Å². The van der Waals surface area contributed by atoms with Crippen LogP contribution in [-0.2, 0) is 10.0 Å². The van der Waals surface area contributed by atoms with Gasteiger partial charge in [-0.15, -0.1) is 0 Å². The molecule has 8 heteroatoms. The molecule has 1 aliphatic heterocycles. The fourth-order valence-electron chi connectivity index (χ4n) is 3.32. The van der Waals surface area contributed by atoms with E-state index in [1.165, 1.54) is 0 Å². The fourth-order valence-corrected chi connectivity index (χ4v) is 4.39. The van der Waals surface area contributed by atoms with Crippen molar-refractivity contribution in [1.82, 2.24) is 10.0 Å². The van der Waals surface area contributed by atoms with Crippen LogP contribution in [0.1, 0.15) is 23.7 Å². The van der Waals surface area contributed by atoms with Gasteiger partial charge in [-0.05, 0) is 42.7 Å². The third-order valence-corrected chi connectivity index (χ3v) is 6.33. The van der Waals surface area contributed by atoms with Crippen molar-refractivity contribution in [2.24, 2.45) is 5.92 Å². The van der Waals surface area contributed by atoms with Crippen LogP contribution in [0.2, 0.25) is 0 Å². The predicted octanol–water partition coefficient (Wildman–Crippen LogP) is 2.38. The molecule has 2 N–H and O–H groups in total. The second-order valence-corrected chi connectivity index (χ2v) is 8.56. The summed E-state index contributed by atoms with van der Waals surface area (Å²) in [4.78, 5) is 14.6. The monoisotopic (exact) mass is 405 g/mol. The summed E-state index contributed by atoms with van der Waals surface area (Å²) in [6.07, 6.45) is 0.923. The van der Waals surface area contributed by atoms with E-state index in [4.69, 9.17) is 0 Å². The summed E-state index contributed by atoms with van der Waals surface area (Å²) in [5.74, 6) is -1.10. The van der Waals surface area contributed by atoms with E-state index < -0.39 is 21.7 Å². The lowest BCUT2D eigenvalue weighted by atomic mass is 10.1. The van der Waals surface area contributed by atoms with E-state index in [1.807, 2.05) is 30.3 Å². The molecule has 1 unspecified atom stereocenters. The Balaban J connectivity index is 1.62. The minimum atomic E-state index is -3.75. The Bertz CT molecular complexity index is 935. The van der Waals surface area contributed by atoms with Crippen LogP contribution in [0.15, 0.2) is 53.4 Å². The van der Waals surface area contributed by atoms with E-state index in [2.05, 4.69) is 14.9 Å². The van der Waals surface area contributed by atoms with E-state index in [0.29, 0.717) is 6.54 Å². The Kier molecular flexibility index (Phi) is 6.31. The third kappa shape index (κ3) is 4.69. The van der Waals surface area contributed by atoms with Crippen molar-refractivity contribution < 1.29 is 17.6 Å². The molecule has 1 atom stereocenters. The quantitative estimate of drug-likeness (QED) is 0.741. The van der Waals surface area contributed by atoms with Gasteiger partial charge in [-0.2, -0.15) is 0 Å². The van der Waals surface area contributed by atoms with Crippen molar-refractivity contribution in [3.05, 3.63) is 59.9 Å². The van der Waals surface area contributed by atoms with Crippen molar-refractivity contribution in [2.45, 2.75) is 18.2 Å². The zero-order valence-corrected chi connectivity index (χ0v) is 16.5. The van der Waals surface area contributed by atoms with Gasteiger partial charge in [0, 0.05) is 31.9 Å². The lowest BCUT2D eigenvalue weighted by Crippen LogP contribution is -2.32. The van der Waals surface area contributed by atoms with Crippen LogP contribution in [-0.4, -0.2) is 40.5 Å². The van der Waals surface area contributed by atoms with Gasteiger partial charge in [0.05, 0.1) is 10.5 Å². The summed E-state index contributed by atoms with van der Waals surface area (Å²) >= 11 is 0. The van der Waals surface area contributed by atoms with Crippen molar-refractivity contribution in [3.63, 3.8) is 0 Å². The number of nitrogens with zero attached hydrogens (tertiary/aromatic N) is 1. The summed E-state index contributed by atoms with van der Waals surface area (Å²) < 4.78 is 40.6. The number of rotatable bonds is 7. The van der Waals surface area contributed by atoms with Gasteiger partial charge in [0.1, 0.15) is 5.82 Å². The lowest BCUT2D eigenvalue weighted by Gasteiger charge is -2.18. The second-order valence-electron chi connectivity index (χ2n) is 6.79. The Morgan fingerprint density at radius 3 is 2.68 bits per heavy atom. The minimum Gasteiger partial charge on any atom is -0.371 e. The van der Waals surface area contributed by atoms with Gasteiger partial charge in [0.25, 0.3) is 5.91 Å². The molecule has 0 radical (unpaired) electrons. The molecule has 0 spiro atoms. The summed E-state index contributed by atoms with van der Waals surface area (Å²) in [7, 11) is -3.75. The molecule has 6 nitrogen and oxygen atoms in total. The molecule has 1 saturated heterocycles. The highest BCUT2D eigenvalue weighted by Gasteiger charge is 2.24. The lowest BCUT2D eigenvalue weighted by molar-refractivity contribution is 0.0944. The fraction of sp³-hybridized carbons (Fsp3) is 0.350. The molecular formula is C20H24FN3O3S. The Morgan fingerprint density at radius 1 is 1.21 bits per heavy atom. The summed E-state index contributed by atoms with van der Waals surface area (Å²) in [6, 6.07) is 13.3. The number of amides is 1. The van der Waals surface area contributed by atoms with Gasteiger partial charge >= 0.3 is 0 Å². The van der Waals surface area contributed by atoms with Gasteiger partial charge in [-0.3, -0.25) is 4.79 Å². The number of carbonyl (C=O) groups is 1. The molecule has 2 aromatic carbocycles. The highest BCUT2D eigenvalue weighted by atomic mass is 32.2. The molecule has 1 heterocycles. The predicted molar refractivity (Wildman–Crippen MR) is 106 cm³/mol. The first-order chi connectivity index (χ1) is 13.4. The van der Waals surface area contributed by atoms with Gasteiger partial charge in [0.15, 0.2) is 0 Å². The molecule has 0 bridgehead atoms. The normalized spacial score (nSPS) is 16.9. The molecule has 28 heavy (non-hydrogen) atoms. The summed E-state index contributed by atoms with van der Waals surface area (Å²) in [6.45, 7) is 3.97. The Hall–Kier alpha value is -2.45. The molecule has 3 rings (SSSR count). The summed E-state index contributed by atoms with van der Waals surface area (Å²) in [5.41, 5.74) is 0.876. The van der Waals surface area contributed by atoms with Crippen molar-refractivity contribution >= 4 is 21.6 Å². The molecule has 1 aliphatic rings. The zero-order chi connectivity index (χ0) is 20.1. The first-order valence-electron chi connectivity index (χ1n) is 9.28. The van der Waals surface area contributed by atoms with Gasteiger partial charge in [-0.25, -0.2) is 17.5 Å². The Morgan fingerprint density at radius 2 is 1.96 bits per heavy atom. The van der Waals surface area contributed by atoms with E-state index in [9.17, 15) is 17.6 Å². The number of nitrogens with one attached hydrogen (secondary N) is 2. The van der Waals surface area contributed by atoms with Crippen LogP contribution >= 0.6 is 0 Å². The average molecular weight is 405 g/mol. The Labute approximate surface area is 164 Å². The minimum absolute atomic E-state index is 0.128. The van der Waals surface area contributed by atoms with Gasteiger partial charge < -0.3 is 10.2 Å². The molecule has 0 aliphatic carbocycles. The smallest absolute Gasteiger partial charge is 0.254 e. The highest BCUT2D eigenvalue weighted by Crippen LogP contribution is 2.23. The van der Waals surface area contributed by atoms with Crippen LogP contribution in [0.4, 0.5) is 10.1 Å². The highest BCUT2D eigenvalue weighted by molar-refractivity contribution is 7.89. The van der Waals surface area contributed by atoms with Gasteiger partial charge in [0.2, 0.25) is 10.0 Å². The zero-order valence-electron chi connectivity index (χ0n) is 15.7. The number of benzene rings is 2. The van der Waals surface area contributed by atoms with Crippen LogP contribution in [0.5, 0.6) is 0 Å². The number of hydrogen-bond donors (Lipinski definition) is 2. The maximum Gasteiger partial charge on any atom is 0.254 e. The second kappa shape index (κ2) is 8.70. The van der Waals surface area contributed by atoms with Gasteiger partial charge in [-0.1, -0.05) is 25.1 Å². The van der Waals surface area contributed by atoms with Crippen LogP contribution in [0.25, 0.3) is 0 Å². The maximum atomic E-state index is 14.1. The number of hydrogen-bond acceptors (Lipinski definition) is 4. The third-order valence-electron chi connectivity index (χ3n) is 4.79. The van der Waals surface area contributed by atoms with Crippen LogP contribution in [0.3, 0.4) is 0 Å². The SMILES string of the molecule is CCNS(=O)(=O)c1ccc(F)c(C(=O)NCC2CCN(c3ccccc3)C2)c1. The molecule has 0 saturated carbocycles. The molecule has 1 amide bonds. The molecule has 0 aromatic heterocycles. The average Bonchev–Trinajstić information content (AvgIpc) is 3.16. The van der Waals surface area contributed by atoms with Crippen LogP contribution in [0, 0.1) is 11.7 Å². The largest absolute Gasteiger partial charge is 0.371 e. The number of para-hydroxylation sites is 1. The van der Waals surface area contributed by atoms with E-state index in [1.54, 1.807) is 6.92 Å². The molecule has 150 valence electrons. The molecule has 1 fully saturated rings. The number of carbonyl (C=O) groups excluding carboxylic acids is 1. The number of halogens is 1. The number of anilines is 1. The maximum absolute atomic E-state index is 14.1.